The second-order valence-corrected chi connectivity index (χ2v) is 6.29. The molecule has 3 atom stereocenters. The lowest BCUT2D eigenvalue weighted by atomic mass is 9.99. The largest absolute Gasteiger partial charge is 0.467 e. The molecule has 0 fully saturated rings. The summed E-state index contributed by atoms with van der Waals surface area (Å²) in [6.07, 6.45) is 0.554. The quantitative estimate of drug-likeness (QED) is 0.379. The topological polar surface area (TPSA) is 128 Å². The Morgan fingerprint density at radius 3 is 2.44 bits per heavy atom. The van der Waals surface area contributed by atoms with Gasteiger partial charge in [-0.2, -0.15) is 0 Å². The third-order valence-electron chi connectivity index (χ3n) is 4.22. The summed E-state index contributed by atoms with van der Waals surface area (Å²) in [7, 11) is 1.24. The first-order valence-corrected chi connectivity index (χ1v) is 8.60. The number of nitrogens with zero attached hydrogens (tertiary/aromatic N) is 1. The number of benzene rings is 1. The van der Waals surface area contributed by atoms with Crippen LogP contribution in [-0.4, -0.2) is 41.9 Å². The number of non-ortho nitro benzene ring substituents is 1. The van der Waals surface area contributed by atoms with Crippen molar-refractivity contribution in [2.75, 3.05) is 7.11 Å². The van der Waals surface area contributed by atoms with Gasteiger partial charge < -0.3 is 15.4 Å². The van der Waals surface area contributed by atoms with Crippen LogP contribution in [0.2, 0.25) is 0 Å². The molecule has 0 saturated heterocycles. The molecule has 2 amide bonds. The summed E-state index contributed by atoms with van der Waals surface area (Å²) in [4.78, 5) is 46.5. The highest BCUT2D eigenvalue weighted by atomic mass is 16.6. The summed E-state index contributed by atoms with van der Waals surface area (Å²) in [6.45, 7) is 5.19. The Labute approximate surface area is 157 Å². The van der Waals surface area contributed by atoms with Crippen LogP contribution in [-0.2, 0) is 25.5 Å². The zero-order chi connectivity index (χ0) is 20.6. The second-order valence-electron chi connectivity index (χ2n) is 6.29. The molecule has 0 aliphatic rings. The number of rotatable bonds is 9. The van der Waals surface area contributed by atoms with Gasteiger partial charge in [-0.3, -0.25) is 19.7 Å². The molecule has 9 nitrogen and oxygen atoms in total. The van der Waals surface area contributed by atoms with E-state index in [1.54, 1.807) is 6.07 Å². The average molecular weight is 379 g/mol. The first kappa shape index (κ1) is 22.1. The van der Waals surface area contributed by atoms with Crippen molar-refractivity contribution in [2.45, 2.75) is 45.7 Å². The molecule has 1 rings (SSSR count). The Morgan fingerprint density at radius 2 is 1.89 bits per heavy atom. The number of amides is 2. The van der Waals surface area contributed by atoms with Gasteiger partial charge in [-0.05, 0) is 18.4 Å². The van der Waals surface area contributed by atoms with Gasteiger partial charge in [-0.15, -0.1) is 0 Å². The molecule has 0 spiro atoms. The molecule has 148 valence electrons. The fourth-order valence-electron chi connectivity index (χ4n) is 2.40. The molecule has 3 unspecified atom stereocenters. The smallest absolute Gasteiger partial charge is 0.328 e. The lowest BCUT2D eigenvalue weighted by molar-refractivity contribution is -0.384. The molecule has 0 aromatic heterocycles. The number of methoxy groups -OCH3 is 1. The van der Waals surface area contributed by atoms with Crippen LogP contribution in [0, 0.1) is 16.0 Å². The van der Waals surface area contributed by atoms with Gasteiger partial charge in [0.2, 0.25) is 11.8 Å². The zero-order valence-corrected chi connectivity index (χ0v) is 15.9. The SMILES string of the molecule is CCC(C)C(NC(=O)C(C)NC(=O)Cc1cccc([N+](=O)[O-])c1)C(=O)OC. The first-order valence-electron chi connectivity index (χ1n) is 8.60. The van der Waals surface area contributed by atoms with Crippen molar-refractivity contribution in [2.24, 2.45) is 5.92 Å². The number of hydrogen-bond acceptors (Lipinski definition) is 6. The van der Waals surface area contributed by atoms with Crippen molar-refractivity contribution in [1.29, 1.82) is 0 Å². The Balaban J connectivity index is 2.68. The fraction of sp³-hybridized carbons (Fsp3) is 0.500. The van der Waals surface area contributed by atoms with Crippen molar-refractivity contribution in [3.63, 3.8) is 0 Å². The summed E-state index contributed by atoms with van der Waals surface area (Å²) in [5.41, 5.74) is 0.349. The summed E-state index contributed by atoms with van der Waals surface area (Å²) < 4.78 is 4.71. The van der Waals surface area contributed by atoms with Crippen LogP contribution in [0.3, 0.4) is 0 Å². The Hall–Kier alpha value is -2.97. The number of carbonyl (C=O) groups is 3. The van der Waals surface area contributed by atoms with Crippen molar-refractivity contribution in [3.8, 4) is 0 Å². The highest BCUT2D eigenvalue weighted by Gasteiger charge is 2.28. The van der Waals surface area contributed by atoms with E-state index in [4.69, 9.17) is 4.74 Å². The van der Waals surface area contributed by atoms with Gasteiger partial charge in [-0.25, -0.2) is 4.79 Å². The molecule has 0 aliphatic heterocycles. The van der Waals surface area contributed by atoms with Crippen LogP contribution in [0.4, 0.5) is 5.69 Å². The van der Waals surface area contributed by atoms with Crippen LogP contribution in [0.1, 0.15) is 32.8 Å². The van der Waals surface area contributed by atoms with Gasteiger partial charge in [0.1, 0.15) is 12.1 Å². The van der Waals surface area contributed by atoms with E-state index >= 15 is 0 Å². The predicted molar refractivity (Wildman–Crippen MR) is 97.8 cm³/mol. The molecular formula is C18H25N3O6. The minimum absolute atomic E-state index is 0.106. The van der Waals surface area contributed by atoms with Crippen molar-refractivity contribution >= 4 is 23.5 Å². The summed E-state index contributed by atoms with van der Waals surface area (Å²) >= 11 is 0. The van der Waals surface area contributed by atoms with Gasteiger partial charge in [-0.1, -0.05) is 32.4 Å². The van der Waals surface area contributed by atoms with Crippen molar-refractivity contribution in [3.05, 3.63) is 39.9 Å². The van der Waals surface area contributed by atoms with Gasteiger partial charge in [0.15, 0.2) is 0 Å². The Bertz CT molecular complexity index is 706. The van der Waals surface area contributed by atoms with E-state index in [0.29, 0.717) is 12.0 Å². The predicted octanol–water partition coefficient (Wildman–Crippen LogP) is 1.35. The third kappa shape index (κ3) is 6.69. The third-order valence-corrected chi connectivity index (χ3v) is 4.22. The monoisotopic (exact) mass is 379 g/mol. The van der Waals surface area contributed by atoms with Crippen molar-refractivity contribution in [1.82, 2.24) is 10.6 Å². The maximum atomic E-state index is 12.3. The summed E-state index contributed by atoms with van der Waals surface area (Å²) in [6, 6.07) is 4.04. The second kappa shape index (κ2) is 10.2. The van der Waals surface area contributed by atoms with E-state index in [-0.39, 0.29) is 18.0 Å². The normalized spacial score (nSPS) is 13.8. The number of carbonyl (C=O) groups excluding carboxylic acids is 3. The highest BCUT2D eigenvalue weighted by molar-refractivity contribution is 5.91. The van der Waals surface area contributed by atoms with E-state index in [1.807, 2.05) is 13.8 Å². The average Bonchev–Trinajstić information content (AvgIpc) is 2.64. The summed E-state index contributed by atoms with van der Waals surface area (Å²) in [5, 5.41) is 15.9. The van der Waals surface area contributed by atoms with Crippen molar-refractivity contribution < 1.29 is 24.0 Å². The lowest BCUT2D eigenvalue weighted by Gasteiger charge is -2.24. The molecule has 9 heteroatoms. The van der Waals surface area contributed by atoms with E-state index in [2.05, 4.69) is 10.6 Å². The van der Waals surface area contributed by atoms with E-state index < -0.39 is 34.8 Å². The zero-order valence-electron chi connectivity index (χ0n) is 15.9. The van der Waals surface area contributed by atoms with Crippen LogP contribution in [0.25, 0.3) is 0 Å². The molecular weight excluding hydrogens is 354 g/mol. The molecule has 27 heavy (non-hydrogen) atoms. The van der Waals surface area contributed by atoms with Crippen LogP contribution >= 0.6 is 0 Å². The molecule has 2 N–H and O–H groups in total. The number of hydrogen-bond donors (Lipinski definition) is 2. The number of nitrogens with one attached hydrogen (secondary N) is 2. The number of esters is 1. The van der Waals surface area contributed by atoms with E-state index in [1.165, 1.54) is 32.2 Å². The Morgan fingerprint density at radius 1 is 1.22 bits per heavy atom. The maximum absolute atomic E-state index is 12.3. The highest BCUT2D eigenvalue weighted by Crippen LogP contribution is 2.13. The number of nitro benzene ring substituents is 1. The number of ether oxygens (including phenoxy) is 1. The van der Waals surface area contributed by atoms with Gasteiger partial charge in [0.25, 0.3) is 5.69 Å². The van der Waals surface area contributed by atoms with E-state index in [0.717, 1.165) is 0 Å². The minimum Gasteiger partial charge on any atom is -0.467 e. The Kier molecular flexibility index (Phi) is 8.37. The van der Waals surface area contributed by atoms with Crippen LogP contribution < -0.4 is 10.6 Å². The maximum Gasteiger partial charge on any atom is 0.328 e. The minimum atomic E-state index is -0.882. The molecule has 0 heterocycles. The van der Waals surface area contributed by atoms with Crippen LogP contribution in [0.5, 0.6) is 0 Å². The number of nitro groups is 1. The van der Waals surface area contributed by atoms with Gasteiger partial charge in [0, 0.05) is 12.1 Å². The van der Waals surface area contributed by atoms with Gasteiger partial charge in [0.05, 0.1) is 18.5 Å². The molecule has 1 aromatic rings. The molecule has 0 saturated carbocycles. The lowest BCUT2D eigenvalue weighted by Crippen LogP contribution is -2.52. The van der Waals surface area contributed by atoms with Gasteiger partial charge >= 0.3 is 5.97 Å². The molecule has 0 aliphatic carbocycles. The molecule has 1 aromatic carbocycles. The first-order chi connectivity index (χ1) is 12.7. The van der Waals surface area contributed by atoms with E-state index in [9.17, 15) is 24.5 Å². The summed E-state index contributed by atoms with van der Waals surface area (Å²) in [5.74, 6) is -1.66. The standard InChI is InChI=1S/C18H25N3O6/c1-5-11(2)16(18(24)27-4)20-17(23)12(3)19-15(22)10-13-7-6-8-14(9-13)21(25)26/h6-9,11-12,16H,5,10H2,1-4H3,(H,19,22)(H,20,23). The molecule has 0 bridgehead atoms. The fourth-order valence-corrected chi connectivity index (χ4v) is 2.40. The molecule has 0 radical (unpaired) electrons. The van der Waals surface area contributed by atoms with Crippen LogP contribution in [0.15, 0.2) is 24.3 Å².